The fourth-order valence-electron chi connectivity index (χ4n) is 2.35. The minimum atomic E-state index is -1.01. The number of hydrogen-bond acceptors (Lipinski definition) is 4. The number of rotatable bonds is 2. The van der Waals surface area contributed by atoms with E-state index < -0.39 is 5.97 Å². The lowest BCUT2D eigenvalue weighted by Gasteiger charge is -2.16. The summed E-state index contributed by atoms with van der Waals surface area (Å²) in [7, 11) is 0. The minimum absolute atomic E-state index is 0.165. The van der Waals surface area contributed by atoms with E-state index in [9.17, 15) is 9.59 Å². The first-order chi connectivity index (χ1) is 9.58. The quantitative estimate of drug-likeness (QED) is 0.902. The Morgan fingerprint density at radius 1 is 1.40 bits per heavy atom. The fraction of sp³-hybridized carbons (Fsp3) is 0.214. The van der Waals surface area contributed by atoms with Crippen LogP contribution in [-0.2, 0) is 6.42 Å². The highest BCUT2D eigenvalue weighted by molar-refractivity contribution is 6.06. The Morgan fingerprint density at radius 2 is 2.20 bits per heavy atom. The summed E-state index contributed by atoms with van der Waals surface area (Å²) >= 11 is 0. The van der Waals surface area contributed by atoms with E-state index in [1.165, 1.54) is 17.4 Å². The number of hydrogen-bond donors (Lipinski definition) is 1. The van der Waals surface area contributed by atoms with Crippen LogP contribution in [0.2, 0.25) is 0 Å². The van der Waals surface area contributed by atoms with Crippen molar-refractivity contribution in [2.24, 2.45) is 0 Å². The lowest BCUT2D eigenvalue weighted by Crippen LogP contribution is -2.29. The molecule has 2 aromatic rings. The number of oxazole rings is 1. The zero-order valence-corrected chi connectivity index (χ0v) is 10.8. The van der Waals surface area contributed by atoms with Crippen LogP contribution in [0.3, 0.4) is 0 Å². The van der Waals surface area contributed by atoms with Gasteiger partial charge in [0, 0.05) is 12.2 Å². The number of aromatic nitrogens is 1. The van der Waals surface area contributed by atoms with Crippen molar-refractivity contribution in [2.45, 2.75) is 13.3 Å². The van der Waals surface area contributed by atoms with Crippen LogP contribution in [0.5, 0.6) is 0 Å². The molecule has 20 heavy (non-hydrogen) atoms. The van der Waals surface area contributed by atoms with Gasteiger partial charge in [-0.3, -0.25) is 4.79 Å². The second-order valence-electron chi connectivity index (χ2n) is 4.62. The van der Waals surface area contributed by atoms with Gasteiger partial charge in [0.15, 0.2) is 6.39 Å². The largest absolute Gasteiger partial charge is 0.478 e. The highest BCUT2D eigenvalue weighted by atomic mass is 16.4. The SMILES string of the molecule is Cc1ncoc1C(=O)N1CCc2ccc(C(=O)O)cc21. The second kappa shape index (κ2) is 4.48. The summed E-state index contributed by atoms with van der Waals surface area (Å²) in [6.07, 6.45) is 1.93. The van der Waals surface area contributed by atoms with Gasteiger partial charge in [0.05, 0.1) is 11.3 Å². The van der Waals surface area contributed by atoms with Crippen molar-refractivity contribution in [1.82, 2.24) is 4.98 Å². The molecule has 0 spiro atoms. The van der Waals surface area contributed by atoms with E-state index in [2.05, 4.69) is 4.98 Å². The van der Waals surface area contributed by atoms with Crippen molar-refractivity contribution in [3.63, 3.8) is 0 Å². The molecule has 3 rings (SSSR count). The molecule has 0 aliphatic carbocycles. The van der Waals surface area contributed by atoms with Crippen LogP contribution in [0.15, 0.2) is 29.0 Å². The van der Waals surface area contributed by atoms with Gasteiger partial charge in [-0.1, -0.05) is 6.07 Å². The zero-order valence-electron chi connectivity index (χ0n) is 10.8. The summed E-state index contributed by atoms with van der Waals surface area (Å²) < 4.78 is 5.11. The van der Waals surface area contributed by atoms with Crippen LogP contribution in [0.4, 0.5) is 5.69 Å². The Labute approximate surface area is 114 Å². The normalized spacial score (nSPS) is 13.3. The first kappa shape index (κ1) is 12.4. The number of fused-ring (bicyclic) bond motifs is 1. The Hall–Kier alpha value is -2.63. The first-order valence-corrected chi connectivity index (χ1v) is 6.16. The highest BCUT2D eigenvalue weighted by Crippen LogP contribution is 2.30. The van der Waals surface area contributed by atoms with E-state index in [0.717, 1.165) is 5.56 Å². The monoisotopic (exact) mass is 272 g/mol. The van der Waals surface area contributed by atoms with E-state index in [-0.39, 0.29) is 17.2 Å². The van der Waals surface area contributed by atoms with Crippen LogP contribution >= 0.6 is 0 Å². The van der Waals surface area contributed by atoms with Gasteiger partial charge < -0.3 is 14.4 Å². The molecule has 1 aromatic carbocycles. The highest BCUT2D eigenvalue weighted by Gasteiger charge is 2.29. The molecule has 2 heterocycles. The maximum absolute atomic E-state index is 12.4. The molecule has 6 heteroatoms. The number of aryl methyl sites for hydroxylation is 1. The maximum atomic E-state index is 12.4. The number of nitrogens with zero attached hydrogens (tertiary/aromatic N) is 2. The van der Waals surface area contributed by atoms with Gasteiger partial charge in [0.2, 0.25) is 5.76 Å². The van der Waals surface area contributed by atoms with E-state index in [4.69, 9.17) is 9.52 Å². The third kappa shape index (κ3) is 1.85. The van der Waals surface area contributed by atoms with Gasteiger partial charge >= 0.3 is 5.97 Å². The van der Waals surface area contributed by atoms with E-state index in [1.54, 1.807) is 19.1 Å². The predicted molar refractivity (Wildman–Crippen MR) is 70.0 cm³/mol. The molecule has 102 valence electrons. The van der Waals surface area contributed by atoms with Crippen LogP contribution in [-0.4, -0.2) is 28.5 Å². The number of anilines is 1. The molecule has 0 atom stereocenters. The third-order valence-corrected chi connectivity index (χ3v) is 3.41. The van der Waals surface area contributed by atoms with Crippen molar-refractivity contribution < 1.29 is 19.1 Å². The lowest BCUT2D eigenvalue weighted by atomic mass is 10.1. The summed E-state index contributed by atoms with van der Waals surface area (Å²) in [4.78, 5) is 28.9. The Kier molecular flexibility index (Phi) is 2.78. The van der Waals surface area contributed by atoms with Crippen LogP contribution in [0.25, 0.3) is 0 Å². The summed E-state index contributed by atoms with van der Waals surface area (Å²) in [5.41, 5.74) is 2.28. The Balaban J connectivity index is 2.00. The summed E-state index contributed by atoms with van der Waals surface area (Å²) in [6.45, 7) is 2.21. The molecule has 0 fully saturated rings. The van der Waals surface area contributed by atoms with Crippen molar-refractivity contribution in [2.75, 3.05) is 11.4 Å². The number of carbonyl (C=O) groups excluding carboxylic acids is 1. The maximum Gasteiger partial charge on any atom is 0.335 e. The first-order valence-electron chi connectivity index (χ1n) is 6.16. The molecular weight excluding hydrogens is 260 g/mol. The number of aromatic carboxylic acids is 1. The van der Waals surface area contributed by atoms with Gasteiger partial charge in [-0.15, -0.1) is 0 Å². The minimum Gasteiger partial charge on any atom is -0.478 e. The number of amides is 1. The number of carboxylic acids is 1. The van der Waals surface area contributed by atoms with Crippen molar-refractivity contribution in [1.29, 1.82) is 0 Å². The molecule has 0 bridgehead atoms. The number of carbonyl (C=O) groups is 2. The van der Waals surface area contributed by atoms with Crippen LogP contribution < -0.4 is 4.90 Å². The molecule has 1 amide bonds. The second-order valence-corrected chi connectivity index (χ2v) is 4.62. The van der Waals surface area contributed by atoms with E-state index in [0.29, 0.717) is 24.3 Å². The molecule has 0 saturated carbocycles. The average Bonchev–Trinajstić information content (AvgIpc) is 3.03. The van der Waals surface area contributed by atoms with Crippen molar-refractivity contribution in [3.8, 4) is 0 Å². The van der Waals surface area contributed by atoms with Crippen molar-refractivity contribution >= 4 is 17.6 Å². The summed E-state index contributed by atoms with van der Waals surface area (Å²) in [6, 6.07) is 4.82. The fourth-order valence-corrected chi connectivity index (χ4v) is 2.35. The predicted octanol–water partition coefficient (Wildman–Crippen LogP) is 1.88. The molecule has 0 radical (unpaired) electrons. The Bertz CT molecular complexity index is 705. The van der Waals surface area contributed by atoms with Gasteiger partial charge in [-0.25, -0.2) is 9.78 Å². The van der Waals surface area contributed by atoms with Gasteiger partial charge in [-0.05, 0) is 31.0 Å². The van der Waals surface area contributed by atoms with E-state index in [1.807, 2.05) is 0 Å². The number of carboxylic acid groups (broad SMARTS) is 1. The molecular formula is C14H12N2O4. The van der Waals surface area contributed by atoms with Crippen molar-refractivity contribution in [3.05, 3.63) is 47.2 Å². The smallest absolute Gasteiger partial charge is 0.335 e. The number of benzene rings is 1. The molecule has 1 aromatic heterocycles. The summed E-state index contributed by atoms with van der Waals surface area (Å²) in [5.74, 6) is -1.11. The topological polar surface area (TPSA) is 83.6 Å². The molecule has 1 N–H and O–H groups in total. The molecule has 6 nitrogen and oxygen atoms in total. The molecule has 0 saturated heterocycles. The van der Waals surface area contributed by atoms with E-state index >= 15 is 0 Å². The van der Waals surface area contributed by atoms with Gasteiger partial charge in [-0.2, -0.15) is 0 Å². The Morgan fingerprint density at radius 3 is 2.85 bits per heavy atom. The summed E-state index contributed by atoms with van der Waals surface area (Å²) in [5, 5.41) is 9.04. The van der Waals surface area contributed by atoms with Crippen LogP contribution in [0, 0.1) is 6.92 Å². The standard InChI is InChI=1S/C14H12N2O4/c1-8-12(20-7-15-8)13(17)16-5-4-9-2-3-10(14(18)19)6-11(9)16/h2-3,6-7H,4-5H2,1H3,(H,18,19). The third-order valence-electron chi connectivity index (χ3n) is 3.41. The lowest BCUT2D eigenvalue weighted by molar-refractivity contribution is 0.0696. The van der Waals surface area contributed by atoms with Crippen LogP contribution in [0.1, 0.15) is 32.2 Å². The average molecular weight is 272 g/mol. The van der Waals surface area contributed by atoms with Gasteiger partial charge in [0.25, 0.3) is 5.91 Å². The zero-order chi connectivity index (χ0) is 14.3. The molecule has 1 aliphatic heterocycles. The molecule has 1 aliphatic rings. The van der Waals surface area contributed by atoms with Gasteiger partial charge in [0.1, 0.15) is 0 Å². The molecule has 0 unspecified atom stereocenters.